The highest BCUT2D eigenvalue weighted by Gasteiger charge is 2.40. The van der Waals surface area contributed by atoms with E-state index >= 15 is 0 Å². The minimum absolute atomic E-state index is 0.136. The molecule has 0 unspecified atom stereocenters. The first kappa shape index (κ1) is 20.4. The molecule has 0 bridgehead atoms. The molecule has 0 aromatic rings. The summed E-state index contributed by atoms with van der Waals surface area (Å²) in [5.74, 6) is 0.335. The van der Waals surface area contributed by atoms with Crippen molar-refractivity contribution in [1.29, 1.82) is 0 Å². The number of esters is 1. The van der Waals surface area contributed by atoms with Crippen molar-refractivity contribution >= 4 is 14.3 Å². The van der Waals surface area contributed by atoms with Gasteiger partial charge in [0.1, 0.15) is 0 Å². The molecule has 0 saturated heterocycles. The lowest BCUT2D eigenvalue weighted by molar-refractivity contribution is -0.134. The van der Waals surface area contributed by atoms with Gasteiger partial charge in [0, 0.05) is 6.08 Å². The van der Waals surface area contributed by atoms with Gasteiger partial charge in [-0.3, -0.25) is 0 Å². The van der Waals surface area contributed by atoms with E-state index < -0.39 is 8.32 Å². The van der Waals surface area contributed by atoms with Crippen LogP contribution in [0.1, 0.15) is 48.0 Å². The summed E-state index contributed by atoms with van der Waals surface area (Å²) < 4.78 is 11.3. The molecule has 0 aliphatic heterocycles. The Kier molecular flexibility index (Phi) is 7.90. The number of methoxy groups -OCH3 is 1. The fraction of sp³-hybridized carbons (Fsp3) is 0.824. The lowest BCUT2D eigenvalue weighted by atomic mass is 9.91. The van der Waals surface area contributed by atoms with Crippen LogP contribution < -0.4 is 0 Å². The Morgan fingerprint density at radius 1 is 1.24 bits per heavy atom. The molecule has 0 radical (unpaired) electrons. The number of hydrogen-bond acceptors (Lipinski definition) is 3. The first-order valence-corrected chi connectivity index (χ1v) is 10.8. The van der Waals surface area contributed by atoms with E-state index in [2.05, 4.69) is 59.4 Å². The van der Waals surface area contributed by atoms with Crippen molar-refractivity contribution in [3.8, 4) is 0 Å². The van der Waals surface area contributed by atoms with Gasteiger partial charge in [-0.15, -0.1) is 0 Å². The fourth-order valence-corrected chi connectivity index (χ4v) is 3.38. The van der Waals surface area contributed by atoms with Gasteiger partial charge >= 0.3 is 5.97 Å². The standard InChI is InChI=1S/C17H34O3Si/c1-10-13(2)16(14(3)11-12-15(18)19-7)20-21(8,9)17(4,5)6/h11-14,16H,10H2,1-9H3/t13-,14-,16+/m0/s1. The Labute approximate surface area is 132 Å². The summed E-state index contributed by atoms with van der Waals surface area (Å²) in [7, 11) is -0.426. The summed E-state index contributed by atoms with van der Waals surface area (Å²) in [6.45, 7) is 17.8. The summed E-state index contributed by atoms with van der Waals surface area (Å²) in [6.07, 6.45) is 4.62. The van der Waals surface area contributed by atoms with Gasteiger partial charge in [0.25, 0.3) is 0 Å². The molecular weight excluding hydrogens is 280 g/mol. The zero-order valence-electron chi connectivity index (χ0n) is 15.3. The van der Waals surface area contributed by atoms with Crippen LogP contribution in [-0.2, 0) is 14.0 Å². The van der Waals surface area contributed by atoms with Crippen LogP contribution in [0.3, 0.4) is 0 Å². The van der Waals surface area contributed by atoms with Crippen LogP contribution >= 0.6 is 0 Å². The predicted octanol–water partition coefficient (Wildman–Crippen LogP) is 4.79. The lowest BCUT2D eigenvalue weighted by Crippen LogP contribution is -2.47. The SMILES string of the molecule is CC[C@H](C)[C@@H](O[Si](C)(C)C(C)(C)C)[C@@H](C)C=CC(=O)OC. The third-order valence-electron chi connectivity index (χ3n) is 4.70. The van der Waals surface area contributed by atoms with Gasteiger partial charge in [-0.05, 0) is 30.0 Å². The summed E-state index contributed by atoms with van der Waals surface area (Å²) in [5, 5.41) is 0.185. The minimum Gasteiger partial charge on any atom is -0.466 e. The molecule has 0 rings (SSSR count). The van der Waals surface area contributed by atoms with E-state index in [1.165, 1.54) is 13.2 Å². The van der Waals surface area contributed by atoms with E-state index in [0.29, 0.717) is 5.92 Å². The van der Waals surface area contributed by atoms with Crippen LogP contribution in [0.5, 0.6) is 0 Å². The molecule has 0 amide bonds. The van der Waals surface area contributed by atoms with Gasteiger partial charge < -0.3 is 9.16 Å². The molecule has 21 heavy (non-hydrogen) atoms. The van der Waals surface area contributed by atoms with Crippen LogP contribution in [0.4, 0.5) is 0 Å². The first-order chi connectivity index (χ1) is 9.46. The summed E-state index contributed by atoms with van der Waals surface area (Å²) in [5.41, 5.74) is 0. The van der Waals surface area contributed by atoms with Gasteiger partial charge in [0.15, 0.2) is 8.32 Å². The molecule has 0 aromatic carbocycles. The zero-order chi connectivity index (χ0) is 16.8. The number of ether oxygens (including phenoxy) is 1. The summed E-state index contributed by atoms with van der Waals surface area (Å²) in [6, 6.07) is 0. The third kappa shape index (κ3) is 6.35. The van der Waals surface area contributed by atoms with Crippen molar-refractivity contribution in [1.82, 2.24) is 0 Å². The maximum absolute atomic E-state index is 11.3. The first-order valence-electron chi connectivity index (χ1n) is 7.90. The molecule has 0 aromatic heterocycles. The van der Waals surface area contributed by atoms with Gasteiger partial charge in [-0.25, -0.2) is 4.79 Å². The van der Waals surface area contributed by atoms with E-state index in [0.717, 1.165) is 6.42 Å². The van der Waals surface area contributed by atoms with E-state index in [4.69, 9.17) is 4.43 Å². The van der Waals surface area contributed by atoms with Crippen molar-refractivity contribution in [3.63, 3.8) is 0 Å². The highest BCUT2D eigenvalue weighted by Crippen LogP contribution is 2.39. The Morgan fingerprint density at radius 3 is 2.14 bits per heavy atom. The maximum atomic E-state index is 11.3. The van der Waals surface area contributed by atoms with Crippen molar-refractivity contribution < 1.29 is 14.0 Å². The smallest absolute Gasteiger partial charge is 0.330 e. The average Bonchev–Trinajstić information content (AvgIpc) is 2.39. The highest BCUT2D eigenvalue weighted by molar-refractivity contribution is 6.74. The van der Waals surface area contributed by atoms with Crippen LogP contribution in [0, 0.1) is 11.8 Å². The third-order valence-corrected chi connectivity index (χ3v) is 9.17. The van der Waals surface area contributed by atoms with Crippen molar-refractivity contribution in [3.05, 3.63) is 12.2 Å². The summed E-state index contributed by atoms with van der Waals surface area (Å²) >= 11 is 0. The van der Waals surface area contributed by atoms with Crippen molar-refractivity contribution in [2.45, 2.75) is 72.2 Å². The molecule has 0 spiro atoms. The Morgan fingerprint density at radius 2 is 1.76 bits per heavy atom. The molecular formula is C17H34O3Si. The lowest BCUT2D eigenvalue weighted by Gasteiger charge is -2.42. The second kappa shape index (κ2) is 8.13. The van der Waals surface area contributed by atoms with E-state index in [1.54, 1.807) is 0 Å². The van der Waals surface area contributed by atoms with Gasteiger partial charge in [-0.1, -0.05) is 54.0 Å². The number of hydrogen-bond donors (Lipinski definition) is 0. The van der Waals surface area contributed by atoms with Crippen LogP contribution in [-0.4, -0.2) is 27.5 Å². The molecule has 3 nitrogen and oxygen atoms in total. The van der Waals surface area contributed by atoms with E-state index in [9.17, 15) is 4.79 Å². The van der Waals surface area contributed by atoms with Crippen LogP contribution in [0.2, 0.25) is 18.1 Å². The van der Waals surface area contributed by atoms with Crippen LogP contribution in [0.15, 0.2) is 12.2 Å². The van der Waals surface area contributed by atoms with Gasteiger partial charge in [0.2, 0.25) is 0 Å². The normalized spacial score (nSPS) is 17.6. The molecule has 0 aliphatic carbocycles. The second-order valence-electron chi connectivity index (χ2n) is 7.47. The van der Waals surface area contributed by atoms with Crippen LogP contribution in [0.25, 0.3) is 0 Å². The molecule has 0 N–H and O–H groups in total. The van der Waals surface area contributed by atoms with Crippen molar-refractivity contribution in [2.24, 2.45) is 11.8 Å². The largest absolute Gasteiger partial charge is 0.466 e. The van der Waals surface area contributed by atoms with Gasteiger partial charge in [0.05, 0.1) is 13.2 Å². The highest BCUT2D eigenvalue weighted by atomic mass is 28.4. The van der Waals surface area contributed by atoms with Gasteiger partial charge in [-0.2, -0.15) is 0 Å². The molecule has 0 fully saturated rings. The zero-order valence-corrected chi connectivity index (χ0v) is 16.3. The molecule has 3 atom stereocenters. The quantitative estimate of drug-likeness (QED) is 0.385. The molecule has 4 heteroatoms. The molecule has 0 saturated carbocycles. The van der Waals surface area contributed by atoms with E-state index in [-0.39, 0.29) is 23.0 Å². The monoisotopic (exact) mass is 314 g/mol. The Balaban J connectivity index is 5.14. The number of carbonyl (C=O) groups excluding carboxylic acids is 1. The average molecular weight is 315 g/mol. The Hall–Kier alpha value is -0.613. The van der Waals surface area contributed by atoms with E-state index in [1.807, 2.05) is 6.08 Å². The topological polar surface area (TPSA) is 35.5 Å². The molecule has 124 valence electrons. The second-order valence-corrected chi connectivity index (χ2v) is 12.2. The Bertz CT molecular complexity index is 356. The molecule has 0 heterocycles. The fourth-order valence-electron chi connectivity index (χ4n) is 1.90. The summed E-state index contributed by atoms with van der Waals surface area (Å²) in [4.78, 5) is 11.3. The van der Waals surface area contributed by atoms with Crippen molar-refractivity contribution in [2.75, 3.05) is 7.11 Å². The maximum Gasteiger partial charge on any atom is 0.330 e. The predicted molar refractivity (Wildman–Crippen MR) is 91.8 cm³/mol. The number of carbonyl (C=O) groups is 1. The minimum atomic E-state index is -1.82. The number of rotatable bonds is 7. The molecule has 0 aliphatic rings.